The molecular weight excluding hydrogens is 397 g/mol. The van der Waals surface area contributed by atoms with Crippen molar-refractivity contribution in [3.05, 3.63) is 77.8 Å². The van der Waals surface area contributed by atoms with Crippen LogP contribution in [0.5, 0.6) is 0 Å². The largest absolute Gasteiger partial charge is 0.461 e. The Hall–Kier alpha value is -2.52. The van der Waals surface area contributed by atoms with E-state index in [4.69, 9.17) is 4.42 Å². The third-order valence-electron chi connectivity index (χ3n) is 5.08. The van der Waals surface area contributed by atoms with Crippen LogP contribution in [-0.2, 0) is 16.4 Å². The van der Waals surface area contributed by atoms with Crippen molar-refractivity contribution in [1.29, 1.82) is 0 Å². The molecule has 0 fully saturated rings. The van der Waals surface area contributed by atoms with Crippen LogP contribution in [0.1, 0.15) is 17.4 Å². The van der Waals surface area contributed by atoms with Crippen molar-refractivity contribution in [2.45, 2.75) is 23.5 Å². The minimum absolute atomic E-state index is 0.0450. The van der Waals surface area contributed by atoms with E-state index in [-0.39, 0.29) is 30.3 Å². The zero-order valence-electron chi connectivity index (χ0n) is 15.4. The highest BCUT2D eigenvalue weighted by Crippen LogP contribution is 2.38. The van der Waals surface area contributed by atoms with E-state index in [1.807, 2.05) is 0 Å². The van der Waals surface area contributed by atoms with Crippen LogP contribution in [0, 0.1) is 5.82 Å². The maximum atomic E-state index is 13.1. The number of β-amino-alcohol motifs (C(OH)–C–C–N with tert-alkyl or cyclic N) is 1. The quantitative estimate of drug-likeness (QED) is 0.666. The Morgan fingerprint density at radius 3 is 2.48 bits per heavy atom. The fourth-order valence-corrected chi connectivity index (χ4v) is 5.55. The fourth-order valence-electron chi connectivity index (χ4n) is 3.69. The van der Waals surface area contributed by atoms with Gasteiger partial charge in [-0.2, -0.15) is 4.31 Å². The summed E-state index contributed by atoms with van der Waals surface area (Å²) in [7, 11) is -3.87. The van der Waals surface area contributed by atoms with Crippen molar-refractivity contribution in [2.24, 2.45) is 0 Å². The molecule has 152 valence electrons. The summed E-state index contributed by atoms with van der Waals surface area (Å²) in [6.45, 7) is -0.506. The minimum Gasteiger partial charge on any atom is -0.461 e. The molecule has 2 aromatic carbocycles. The first-order chi connectivity index (χ1) is 13.9. The molecule has 6 nitrogen and oxygen atoms in total. The number of fused-ring (bicyclic) bond motifs is 1. The van der Waals surface area contributed by atoms with E-state index < -0.39 is 22.2 Å². The minimum atomic E-state index is -3.87. The topological polar surface area (TPSA) is 91.0 Å². The second-order valence-electron chi connectivity index (χ2n) is 6.87. The van der Waals surface area contributed by atoms with Gasteiger partial charge in [0.15, 0.2) is 0 Å². The summed E-state index contributed by atoms with van der Waals surface area (Å²) in [5, 5.41) is 20.3. The summed E-state index contributed by atoms with van der Waals surface area (Å²) in [5.74, 6) is 0.641. The number of furan rings is 1. The molecule has 1 aliphatic heterocycles. The Balaban J connectivity index is 1.68. The first-order valence-electron chi connectivity index (χ1n) is 9.16. The van der Waals surface area contributed by atoms with E-state index in [1.165, 1.54) is 18.2 Å². The Morgan fingerprint density at radius 1 is 1.03 bits per heavy atom. The molecule has 0 aliphatic carbocycles. The molecular formula is C21H20FNO5S. The highest BCUT2D eigenvalue weighted by Gasteiger charge is 2.43. The van der Waals surface area contributed by atoms with Crippen LogP contribution in [0.25, 0.3) is 11.3 Å². The highest BCUT2D eigenvalue weighted by atomic mass is 32.2. The predicted octanol–water partition coefficient (Wildman–Crippen LogP) is 2.73. The fraction of sp³-hybridized carbons (Fsp3) is 0.238. The van der Waals surface area contributed by atoms with Crippen molar-refractivity contribution in [3.8, 4) is 11.3 Å². The zero-order valence-corrected chi connectivity index (χ0v) is 16.2. The Labute approximate surface area is 167 Å². The lowest BCUT2D eigenvalue weighted by Gasteiger charge is -2.38. The van der Waals surface area contributed by atoms with E-state index in [9.17, 15) is 23.0 Å². The average Bonchev–Trinajstić information content (AvgIpc) is 3.18. The van der Waals surface area contributed by atoms with E-state index in [1.54, 1.807) is 42.5 Å². The Kier molecular flexibility index (Phi) is 5.26. The number of benzene rings is 2. The summed E-state index contributed by atoms with van der Waals surface area (Å²) in [5.41, 5.74) is 1.02. The number of hydrogen-bond donors (Lipinski definition) is 2. The second-order valence-corrected chi connectivity index (χ2v) is 8.73. The van der Waals surface area contributed by atoms with Gasteiger partial charge in [0.05, 0.1) is 23.6 Å². The van der Waals surface area contributed by atoms with Gasteiger partial charge in [0, 0.05) is 24.1 Å². The van der Waals surface area contributed by atoms with Gasteiger partial charge >= 0.3 is 0 Å². The smallest absolute Gasteiger partial charge is 0.243 e. The van der Waals surface area contributed by atoms with E-state index in [2.05, 4.69) is 0 Å². The predicted molar refractivity (Wildman–Crippen MR) is 104 cm³/mol. The molecule has 3 aromatic rings. The van der Waals surface area contributed by atoms with Gasteiger partial charge in [-0.3, -0.25) is 0 Å². The van der Waals surface area contributed by atoms with Crippen molar-refractivity contribution in [3.63, 3.8) is 0 Å². The molecule has 8 heteroatoms. The van der Waals surface area contributed by atoms with Crippen molar-refractivity contribution < 1.29 is 27.4 Å². The molecule has 0 bridgehead atoms. The van der Waals surface area contributed by atoms with Gasteiger partial charge in [0.1, 0.15) is 17.3 Å². The monoisotopic (exact) mass is 417 g/mol. The average molecular weight is 417 g/mol. The van der Waals surface area contributed by atoms with Gasteiger partial charge in [-0.05, 0) is 42.5 Å². The summed E-state index contributed by atoms with van der Waals surface area (Å²) in [6, 6.07) is 14.8. The van der Waals surface area contributed by atoms with E-state index >= 15 is 0 Å². The molecule has 4 rings (SSSR count). The second kappa shape index (κ2) is 7.72. The lowest BCUT2D eigenvalue weighted by atomic mass is 9.98. The van der Waals surface area contributed by atoms with Gasteiger partial charge in [0.2, 0.25) is 10.0 Å². The molecule has 0 saturated carbocycles. The van der Waals surface area contributed by atoms with Crippen molar-refractivity contribution >= 4 is 10.0 Å². The lowest BCUT2D eigenvalue weighted by Crippen LogP contribution is -2.50. The summed E-state index contributed by atoms with van der Waals surface area (Å²) in [4.78, 5) is 0.0450. The molecule has 1 aromatic heterocycles. The van der Waals surface area contributed by atoms with Crippen molar-refractivity contribution in [1.82, 2.24) is 4.31 Å². The molecule has 0 unspecified atom stereocenters. The third kappa shape index (κ3) is 3.60. The van der Waals surface area contributed by atoms with Crippen LogP contribution in [-0.4, -0.2) is 42.1 Å². The number of aliphatic hydroxyl groups excluding tert-OH is 2. The molecule has 0 radical (unpaired) electrons. The van der Waals surface area contributed by atoms with Crippen LogP contribution < -0.4 is 0 Å². The normalized spacial score (nSPS) is 21.1. The number of aliphatic hydroxyl groups is 2. The summed E-state index contributed by atoms with van der Waals surface area (Å²) < 4.78 is 46.2. The molecule has 29 heavy (non-hydrogen) atoms. The molecule has 1 aliphatic rings. The van der Waals surface area contributed by atoms with Gasteiger partial charge in [-0.25, -0.2) is 12.8 Å². The number of rotatable bonds is 5. The molecule has 2 heterocycles. The van der Waals surface area contributed by atoms with E-state index in [0.29, 0.717) is 22.6 Å². The van der Waals surface area contributed by atoms with Crippen LogP contribution in [0.2, 0.25) is 0 Å². The lowest BCUT2D eigenvalue weighted by molar-refractivity contribution is 0.0698. The number of nitrogens with zero attached hydrogens (tertiary/aromatic N) is 1. The maximum absolute atomic E-state index is 13.1. The zero-order chi connectivity index (χ0) is 20.6. The SMILES string of the molecule is O=S1(=O)c2ccccc2[C@@H](O)[C@@H](Cc2ccc(-c3ccc(F)cc3)o2)N1CCO. The van der Waals surface area contributed by atoms with Crippen molar-refractivity contribution in [2.75, 3.05) is 13.2 Å². The first-order valence-corrected chi connectivity index (χ1v) is 10.6. The van der Waals surface area contributed by atoms with Crippen LogP contribution >= 0.6 is 0 Å². The van der Waals surface area contributed by atoms with Gasteiger partial charge in [0.25, 0.3) is 0 Å². The standard InChI is InChI=1S/C21H20FNO5S/c22-15-7-5-14(6-8-15)19-10-9-16(28-19)13-18-21(25)17-3-1-2-4-20(17)29(26,27)23(18)11-12-24/h1-10,18,21,24-25H,11-13H2/t18-,21-/m1/s1. The summed E-state index contributed by atoms with van der Waals surface area (Å²) in [6.07, 6.45) is -0.948. The molecule has 0 spiro atoms. The van der Waals surface area contributed by atoms with Crippen LogP contribution in [0.15, 0.2) is 70.0 Å². The number of halogens is 1. The molecule has 0 saturated heterocycles. The number of hydrogen-bond acceptors (Lipinski definition) is 5. The first kappa shape index (κ1) is 19.8. The highest BCUT2D eigenvalue weighted by molar-refractivity contribution is 7.89. The van der Waals surface area contributed by atoms with E-state index in [0.717, 1.165) is 4.31 Å². The van der Waals surface area contributed by atoms with Gasteiger partial charge < -0.3 is 14.6 Å². The Morgan fingerprint density at radius 2 is 1.76 bits per heavy atom. The van der Waals surface area contributed by atoms with Gasteiger partial charge in [-0.15, -0.1) is 0 Å². The third-order valence-corrected chi connectivity index (χ3v) is 7.08. The molecule has 2 N–H and O–H groups in total. The summed E-state index contributed by atoms with van der Waals surface area (Å²) >= 11 is 0. The molecule has 2 atom stereocenters. The van der Waals surface area contributed by atoms with Crippen LogP contribution in [0.4, 0.5) is 4.39 Å². The number of sulfonamides is 1. The van der Waals surface area contributed by atoms with Gasteiger partial charge in [-0.1, -0.05) is 18.2 Å². The van der Waals surface area contributed by atoms with Crippen LogP contribution in [0.3, 0.4) is 0 Å². The maximum Gasteiger partial charge on any atom is 0.243 e. The Bertz CT molecular complexity index is 1110. The molecule has 0 amide bonds.